The van der Waals surface area contributed by atoms with Crippen LogP contribution in [-0.4, -0.2) is 40.6 Å². The number of piperidine rings is 1. The summed E-state index contributed by atoms with van der Waals surface area (Å²) in [5.41, 5.74) is 1.02. The van der Waals surface area contributed by atoms with Crippen molar-refractivity contribution in [3.8, 4) is 5.75 Å². The van der Waals surface area contributed by atoms with Gasteiger partial charge < -0.3 is 19.5 Å². The second-order valence-corrected chi connectivity index (χ2v) is 9.28. The summed E-state index contributed by atoms with van der Waals surface area (Å²) in [6.07, 6.45) is -3.19. The molecule has 0 radical (unpaired) electrons. The van der Waals surface area contributed by atoms with Crippen molar-refractivity contribution >= 4 is 5.91 Å². The number of aromatic nitrogens is 1. The summed E-state index contributed by atoms with van der Waals surface area (Å²) >= 11 is 0. The molecule has 1 amide bonds. The average Bonchev–Trinajstić information content (AvgIpc) is 3.14. The lowest BCUT2D eigenvalue weighted by Crippen LogP contribution is -2.59. The van der Waals surface area contributed by atoms with Gasteiger partial charge in [-0.3, -0.25) is 4.79 Å². The summed E-state index contributed by atoms with van der Waals surface area (Å²) in [5.74, 6) is 0.699. The Labute approximate surface area is 188 Å². The molecule has 2 aliphatic heterocycles. The van der Waals surface area contributed by atoms with E-state index in [0.717, 1.165) is 11.3 Å². The Morgan fingerprint density at radius 1 is 1.22 bits per heavy atom. The van der Waals surface area contributed by atoms with Gasteiger partial charge in [-0.15, -0.1) is 0 Å². The van der Waals surface area contributed by atoms with Crippen LogP contribution < -0.4 is 10.1 Å². The lowest BCUT2D eigenvalue weighted by molar-refractivity contribution is -0.144. The van der Waals surface area contributed by atoms with Crippen LogP contribution in [0.1, 0.15) is 62.3 Å². The summed E-state index contributed by atoms with van der Waals surface area (Å²) in [5, 5.41) is 3.54. The molecule has 4 rings (SSSR count). The summed E-state index contributed by atoms with van der Waals surface area (Å²) in [7, 11) is 0. The molecule has 2 aromatic rings. The summed E-state index contributed by atoms with van der Waals surface area (Å²) in [6, 6.07) is 8.12. The number of rotatable bonds is 3. The number of hydrogen-bond acceptors (Lipinski definition) is 3. The van der Waals surface area contributed by atoms with Crippen molar-refractivity contribution in [3.05, 3.63) is 52.8 Å². The topological polar surface area (TPSA) is 46.5 Å². The van der Waals surface area contributed by atoms with Crippen LogP contribution in [0.3, 0.4) is 0 Å². The third kappa shape index (κ3) is 4.12. The van der Waals surface area contributed by atoms with Crippen LogP contribution in [0.25, 0.3) is 0 Å². The van der Waals surface area contributed by atoms with E-state index < -0.39 is 17.4 Å². The van der Waals surface area contributed by atoms with Crippen molar-refractivity contribution in [1.29, 1.82) is 0 Å². The normalized spacial score (nSPS) is 20.5. The molecule has 5 nitrogen and oxygen atoms in total. The van der Waals surface area contributed by atoms with Crippen molar-refractivity contribution in [2.75, 3.05) is 13.1 Å². The highest BCUT2D eigenvalue weighted by atomic mass is 19.4. The monoisotopic (exact) mass is 451 g/mol. The Morgan fingerprint density at radius 3 is 2.50 bits per heavy atom. The molecule has 0 aliphatic carbocycles. The molecule has 0 saturated carbocycles. The molecule has 1 spiro atoms. The van der Waals surface area contributed by atoms with Gasteiger partial charge >= 0.3 is 6.18 Å². The second-order valence-electron chi connectivity index (χ2n) is 9.28. The molecular formula is C24H32F3N3O2. The number of halogens is 3. The Balaban J connectivity index is 0.00000306. The Bertz CT molecular complexity index is 1010. The first-order chi connectivity index (χ1) is 15.0. The van der Waals surface area contributed by atoms with Crippen LogP contribution in [0.5, 0.6) is 5.75 Å². The van der Waals surface area contributed by atoms with Gasteiger partial charge in [0, 0.05) is 38.4 Å². The van der Waals surface area contributed by atoms with Crippen molar-refractivity contribution in [1.82, 2.24) is 14.8 Å². The zero-order valence-corrected chi connectivity index (χ0v) is 18.9. The highest BCUT2D eigenvalue weighted by Gasteiger charge is 2.46. The van der Waals surface area contributed by atoms with Gasteiger partial charge in [-0.25, -0.2) is 0 Å². The molecule has 32 heavy (non-hydrogen) atoms. The molecular weight excluding hydrogens is 419 g/mol. The smallest absolute Gasteiger partial charge is 0.431 e. The first kappa shape index (κ1) is 22.7. The molecule has 1 N–H and O–H groups in total. The predicted octanol–water partition coefficient (Wildman–Crippen LogP) is 4.97. The minimum Gasteiger partial charge on any atom is -0.491 e. The maximum absolute atomic E-state index is 13.5. The van der Waals surface area contributed by atoms with E-state index in [9.17, 15) is 18.0 Å². The van der Waals surface area contributed by atoms with Gasteiger partial charge in [0.25, 0.3) is 5.91 Å². The van der Waals surface area contributed by atoms with E-state index in [4.69, 9.17) is 4.74 Å². The predicted molar refractivity (Wildman–Crippen MR) is 118 cm³/mol. The van der Waals surface area contributed by atoms with Gasteiger partial charge in [0.05, 0.1) is 11.6 Å². The molecule has 176 valence electrons. The first-order valence-corrected chi connectivity index (χ1v) is 11.1. The minimum absolute atomic E-state index is 0. The molecule has 2 aliphatic rings. The Kier molecular flexibility index (Phi) is 5.77. The van der Waals surface area contributed by atoms with E-state index in [2.05, 4.69) is 5.32 Å². The maximum Gasteiger partial charge on any atom is 0.431 e. The van der Waals surface area contributed by atoms with Crippen LogP contribution in [-0.2, 0) is 18.3 Å². The van der Waals surface area contributed by atoms with Gasteiger partial charge in [-0.1, -0.05) is 0 Å². The van der Waals surface area contributed by atoms with E-state index in [1.54, 1.807) is 17.0 Å². The fraction of sp³-hybridized carbons (Fsp3) is 0.542. The van der Waals surface area contributed by atoms with E-state index in [1.165, 1.54) is 10.6 Å². The third-order valence-electron chi connectivity index (χ3n) is 6.43. The van der Waals surface area contributed by atoms with Gasteiger partial charge in [0.1, 0.15) is 11.4 Å². The zero-order chi connectivity index (χ0) is 23.3. The molecule has 1 atom stereocenters. The lowest BCUT2D eigenvalue weighted by Gasteiger charge is -2.47. The molecule has 1 aromatic carbocycles. The van der Waals surface area contributed by atoms with Gasteiger partial charge in [-0.05, 0) is 76.4 Å². The summed E-state index contributed by atoms with van der Waals surface area (Å²) in [4.78, 5) is 14.9. The summed E-state index contributed by atoms with van der Waals surface area (Å²) in [6.45, 7) is 8.98. The minimum atomic E-state index is -4.38. The number of alkyl halides is 3. The molecule has 1 saturated heterocycles. The zero-order valence-electron chi connectivity index (χ0n) is 18.9. The number of benzene rings is 1. The highest BCUT2D eigenvalue weighted by Crippen LogP contribution is 2.41. The average molecular weight is 452 g/mol. The number of nitrogens with one attached hydrogen (secondary N) is 1. The maximum atomic E-state index is 13.5. The largest absolute Gasteiger partial charge is 0.491 e. The second kappa shape index (κ2) is 8.14. The van der Waals surface area contributed by atoms with E-state index >= 15 is 0 Å². The van der Waals surface area contributed by atoms with Crippen LogP contribution >= 0.6 is 0 Å². The molecule has 1 fully saturated rings. The number of amides is 1. The van der Waals surface area contributed by atoms with Gasteiger partial charge in [-0.2, -0.15) is 13.2 Å². The number of carbonyl (C=O) groups excluding carboxylic acids is 1. The molecule has 8 heteroatoms. The van der Waals surface area contributed by atoms with Crippen LogP contribution in [0.2, 0.25) is 0 Å². The number of fused-ring (bicyclic) bond motifs is 2. The Hall–Kier alpha value is -2.48. The molecule has 0 unspecified atom stereocenters. The van der Waals surface area contributed by atoms with Crippen LogP contribution in [0, 0.1) is 6.92 Å². The van der Waals surface area contributed by atoms with Gasteiger partial charge in [0.2, 0.25) is 0 Å². The van der Waals surface area contributed by atoms with Crippen molar-refractivity contribution < 1.29 is 24.1 Å². The van der Waals surface area contributed by atoms with E-state index in [-0.39, 0.29) is 26.0 Å². The van der Waals surface area contributed by atoms with E-state index in [1.807, 2.05) is 39.8 Å². The van der Waals surface area contributed by atoms with Crippen molar-refractivity contribution in [2.24, 2.45) is 0 Å². The van der Waals surface area contributed by atoms with Crippen LogP contribution in [0.4, 0.5) is 13.2 Å². The third-order valence-corrected chi connectivity index (χ3v) is 6.43. The number of nitrogens with zero attached hydrogens (tertiary/aromatic N) is 2. The number of hydrogen-bond donors (Lipinski definition) is 1. The number of aryl methyl sites for hydroxylation is 1. The van der Waals surface area contributed by atoms with Crippen LogP contribution in [0.15, 0.2) is 30.3 Å². The number of likely N-dealkylation sites (tertiary alicyclic amines) is 1. The summed E-state index contributed by atoms with van der Waals surface area (Å²) < 4.78 is 47.6. The molecule has 0 bridgehead atoms. The fourth-order valence-corrected chi connectivity index (χ4v) is 5.04. The Morgan fingerprint density at radius 2 is 1.91 bits per heavy atom. The first-order valence-electron chi connectivity index (χ1n) is 11.1. The molecule has 1 aromatic heterocycles. The van der Waals surface area contributed by atoms with Crippen molar-refractivity contribution in [3.63, 3.8) is 0 Å². The number of ether oxygens (including phenoxy) is 1. The fourth-order valence-electron chi connectivity index (χ4n) is 5.04. The van der Waals surface area contributed by atoms with Gasteiger partial charge in [0.15, 0.2) is 0 Å². The SMILES string of the molecule is Cc1cc(C(=O)N2CCC3(CC2)N[C@@H](C)Cn2c(C(F)(F)F)ccc23)ccc1OC(C)C.[HH]. The van der Waals surface area contributed by atoms with Crippen molar-refractivity contribution in [2.45, 2.75) is 70.9 Å². The lowest BCUT2D eigenvalue weighted by atomic mass is 9.82. The molecule has 3 heterocycles. The standard InChI is InChI=1S/C24H30F3N3O2.H2/c1-15(2)32-19-6-5-18(13-16(19)3)22(31)29-11-9-23(10-12-29)20-7-8-21(24(25,26)27)30(20)14-17(4)28-23;/h5-8,13,15,17,28H,9-12,14H2,1-4H3;1H/t17-;/m0./s1. The highest BCUT2D eigenvalue weighted by molar-refractivity contribution is 5.94. The number of carbonyl (C=O) groups is 1. The van der Waals surface area contributed by atoms with E-state index in [0.29, 0.717) is 37.2 Å². The quantitative estimate of drug-likeness (QED) is 0.717.